The Labute approximate surface area is 149 Å². The Kier molecular flexibility index (Phi) is 5.13. The van der Waals surface area contributed by atoms with Gasteiger partial charge in [0.2, 0.25) is 0 Å². The highest BCUT2D eigenvalue weighted by atomic mass is 32.1. The molecule has 0 saturated carbocycles. The van der Waals surface area contributed by atoms with Crippen LogP contribution in [-0.4, -0.2) is 40.8 Å². The number of aryl methyl sites for hydroxylation is 2. The van der Waals surface area contributed by atoms with E-state index in [-0.39, 0.29) is 23.0 Å². The lowest BCUT2D eigenvalue weighted by atomic mass is 10.1. The van der Waals surface area contributed by atoms with Gasteiger partial charge in [-0.15, -0.1) is 11.3 Å². The zero-order valence-corrected chi connectivity index (χ0v) is 15.0. The molecular weight excluding hydrogens is 341 g/mol. The second-order valence-corrected chi connectivity index (χ2v) is 7.29. The van der Waals surface area contributed by atoms with E-state index in [1.165, 1.54) is 12.1 Å². The molecule has 3 heterocycles. The van der Waals surface area contributed by atoms with Gasteiger partial charge in [-0.2, -0.15) is 4.39 Å². The lowest BCUT2D eigenvalue weighted by molar-refractivity contribution is 0.0729. The van der Waals surface area contributed by atoms with Gasteiger partial charge >= 0.3 is 0 Å². The van der Waals surface area contributed by atoms with Crippen LogP contribution in [0.2, 0.25) is 0 Å². The summed E-state index contributed by atoms with van der Waals surface area (Å²) in [6, 6.07) is 4.56. The van der Waals surface area contributed by atoms with Crippen LogP contribution in [0.25, 0.3) is 0 Å². The number of hydrogen-bond donors (Lipinski definition) is 1. The maximum Gasteiger partial charge on any atom is 0.264 e. The summed E-state index contributed by atoms with van der Waals surface area (Å²) in [5, 5.41) is 2.54. The molecule has 1 saturated heterocycles. The molecule has 0 unspecified atom stereocenters. The molecule has 1 aliphatic rings. The van der Waals surface area contributed by atoms with Gasteiger partial charge in [-0.1, -0.05) is 0 Å². The van der Waals surface area contributed by atoms with Crippen LogP contribution in [0, 0.1) is 19.0 Å². The maximum atomic E-state index is 13.2. The highest BCUT2D eigenvalue weighted by Crippen LogP contribution is 2.23. The van der Waals surface area contributed by atoms with Crippen molar-refractivity contribution in [3.63, 3.8) is 0 Å². The van der Waals surface area contributed by atoms with Crippen LogP contribution in [0.1, 0.15) is 44.1 Å². The first-order valence-electron chi connectivity index (χ1n) is 8.23. The van der Waals surface area contributed by atoms with E-state index < -0.39 is 0 Å². The number of carbonyl (C=O) groups is 2. The first-order valence-corrected chi connectivity index (χ1v) is 9.05. The number of hydrogen-bond acceptors (Lipinski definition) is 4. The van der Waals surface area contributed by atoms with E-state index in [0.717, 1.165) is 29.7 Å². The molecule has 3 rings (SSSR count). The third-order valence-electron chi connectivity index (χ3n) is 4.39. The van der Waals surface area contributed by atoms with Crippen molar-refractivity contribution < 1.29 is 14.0 Å². The van der Waals surface area contributed by atoms with E-state index in [2.05, 4.69) is 10.3 Å². The Bertz CT molecular complexity index is 805. The molecule has 5 nitrogen and oxygen atoms in total. The lowest BCUT2D eigenvalue weighted by Crippen LogP contribution is -2.43. The molecule has 7 heteroatoms. The molecular formula is C18H20FN3O2S. The summed E-state index contributed by atoms with van der Waals surface area (Å²) in [6.45, 7) is 4.70. The summed E-state index contributed by atoms with van der Waals surface area (Å²) < 4.78 is 13.2. The van der Waals surface area contributed by atoms with Crippen LogP contribution in [0.4, 0.5) is 4.39 Å². The number of amides is 2. The maximum absolute atomic E-state index is 13.2. The predicted molar refractivity (Wildman–Crippen MR) is 94.4 cm³/mol. The third kappa shape index (κ3) is 3.87. The second kappa shape index (κ2) is 7.31. The van der Waals surface area contributed by atoms with Gasteiger partial charge in [-0.3, -0.25) is 14.6 Å². The number of halogens is 1. The average molecular weight is 361 g/mol. The molecule has 0 radical (unpaired) electrons. The van der Waals surface area contributed by atoms with Gasteiger partial charge in [0.15, 0.2) is 5.13 Å². The Morgan fingerprint density at radius 1 is 1.40 bits per heavy atom. The van der Waals surface area contributed by atoms with Crippen molar-refractivity contribution >= 4 is 23.2 Å². The lowest BCUT2D eigenvalue weighted by Gasteiger charge is -2.24. The van der Waals surface area contributed by atoms with Crippen LogP contribution in [-0.2, 0) is 0 Å². The molecule has 25 heavy (non-hydrogen) atoms. The molecule has 2 amide bonds. The van der Waals surface area contributed by atoms with Crippen molar-refractivity contribution in [3.05, 3.63) is 51.2 Å². The van der Waals surface area contributed by atoms with Gasteiger partial charge in [0, 0.05) is 31.0 Å². The van der Waals surface area contributed by atoms with Crippen molar-refractivity contribution in [2.24, 2.45) is 0 Å². The molecule has 1 atom stereocenters. The number of aromatic nitrogens is 1. The van der Waals surface area contributed by atoms with E-state index in [0.29, 0.717) is 29.2 Å². The van der Waals surface area contributed by atoms with E-state index in [9.17, 15) is 14.0 Å². The number of thiophene rings is 1. The molecule has 0 aromatic carbocycles. The van der Waals surface area contributed by atoms with Crippen molar-refractivity contribution in [2.75, 3.05) is 13.1 Å². The molecule has 1 aliphatic heterocycles. The van der Waals surface area contributed by atoms with Crippen LogP contribution in [0.5, 0.6) is 0 Å². The molecule has 132 valence electrons. The number of nitrogens with one attached hydrogen (secondary N) is 1. The molecule has 0 aliphatic carbocycles. The Morgan fingerprint density at radius 3 is 2.92 bits per heavy atom. The van der Waals surface area contributed by atoms with Crippen molar-refractivity contribution in [3.8, 4) is 0 Å². The summed E-state index contributed by atoms with van der Waals surface area (Å²) in [6.07, 6.45) is 3.43. The van der Waals surface area contributed by atoms with Gasteiger partial charge < -0.3 is 10.2 Å². The zero-order chi connectivity index (χ0) is 18.0. The van der Waals surface area contributed by atoms with Crippen molar-refractivity contribution in [2.45, 2.75) is 32.7 Å². The van der Waals surface area contributed by atoms with Crippen molar-refractivity contribution in [1.82, 2.24) is 15.2 Å². The first-order chi connectivity index (χ1) is 12.0. The zero-order valence-electron chi connectivity index (χ0n) is 14.2. The molecule has 0 spiro atoms. The number of likely N-dealkylation sites (tertiary alicyclic amines) is 1. The van der Waals surface area contributed by atoms with Gasteiger partial charge in [-0.25, -0.2) is 0 Å². The fourth-order valence-electron chi connectivity index (χ4n) is 3.06. The van der Waals surface area contributed by atoms with Gasteiger partial charge in [0.25, 0.3) is 11.8 Å². The minimum absolute atomic E-state index is 0.0697. The molecule has 1 N–H and O–H groups in total. The summed E-state index contributed by atoms with van der Waals surface area (Å²) in [5.74, 6) is -0.353. The summed E-state index contributed by atoms with van der Waals surface area (Å²) in [7, 11) is 0. The second-order valence-electron chi connectivity index (χ2n) is 6.25. The van der Waals surface area contributed by atoms with Gasteiger partial charge in [0.1, 0.15) is 0 Å². The number of rotatable bonds is 4. The standard InChI is InChI=1S/C18H20FN3O2S/c1-11-8-14(12(2)20-9-11)17(23)21-10-13-4-3-7-22(13)18(24)15-5-6-16(19)25-15/h5-6,8-9,13H,3-4,7,10H2,1-2H3,(H,21,23)/t13-/m1/s1. The average Bonchev–Trinajstić information content (AvgIpc) is 3.23. The van der Waals surface area contributed by atoms with E-state index in [4.69, 9.17) is 0 Å². The molecule has 2 aromatic heterocycles. The van der Waals surface area contributed by atoms with E-state index in [1.807, 2.05) is 13.0 Å². The normalized spacial score (nSPS) is 16.9. The minimum Gasteiger partial charge on any atom is -0.350 e. The van der Waals surface area contributed by atoms with Gasteiger partial charge in [0.05, 0.1) is 10.4 Å². The highest BCUT2D eigenvalue weighted by Gasteiger charge is 2.30. The Morgan fingerprint density at radius 2 is 2.20 bits per heavy atom. The monoisotopic (exact) mass is 361 g/mol. The van der Waals surface area contributed by atoms with Crippen LogP contribution < -0.4 is 5.32 Å². The quantitative estimate of drug-likeness (QED) is 0.911. The highest BCUT2D eigenvalue weighted by molar-refractivity contribution is 7.12. The molecule has 0 bridgehead atoms. The van der Waals surface area contributed by atoms with Crippen molar-refractivity contribution in [1.29, 1.82) is 0 Å². The predicted octanol–water partition coefficient (Wildman–Crippen LogP) is 2.93. The van der Waals surface area contributed by atoms with E-state index in [1.54, 1.807) is 18.0 Å². The van der Waals surface area contributed by atoms with Crippen LogP contribution in [0.3, 0.4) is 0 Å². The fraction of sp³-hybridized carbons (Fsp3) is 0.389. The summed E-state index contributed by atoms with van der Waals surface area (Å²) in [4.78, 5) is 31.3. The smallest absolute Gasteiger partial charge is 0.264 e. The van der Waals surface area contributed by atoms with Crippen LogP contribution >= 0.6 is 11.3 Å². The minimum atomic E-state index is -0.366. The number of pyridine rings is 1. The first kappa shape index (κ1) is 17.5. The third-order valence-corrected chi connectivity index (χ3v) is 5.25. The SMILES string of the molecule is Cc1cnc(C)c(C(=O)NC[C@H]2CCCN2C(=O)c2ccc(F)s2)c1. The van der Waals surface area contributed by atoms with Gasteiger partial charge in [-0.05, 0) is 50.5 Å². The number of carbonyl (C=O) groups excluding carboxylic acids is 2. The Balaban J connectivity index is 1.65. The molecule has 1 fully saturated rings. The topological polar surface area (TPSA) is 62.3 Å². The summed E-state index contributed by atoms with van der Waals surface area (Å²) in [5.41, 5.74) is 2.15. The van der Waals surface area contributed by atoms with Crippen LogP contribution in [0.15, 0.2) is 24.4 Å². The fourth-order valence-corrected chi connectivity index (χ4v) is 3.75. The largest absolute Gasteiger partial charge is 0.350 e. The molecule has 2 aromatic rings. The Hall–Kier alpha value is -2.28. The van der Waals surface area contributed by atoms with E-state index >= 15 is 0 Å². The summed E-state index contributed by atoms with van der Waals surface area (Å²) >= 11 is 0.856. The number of nitrogens with zero attached hydrogens (tertiary/aromatic N) is 2.